The third-order valence-electron chi connectivity index (χ3n) is 3.54. The monoisotopic (exact) mass is 237 g/mol. The smallest absolute Gasteiger partial charge is 0.126 e. The van der Waals surface area contributed by atoms with Crippen LogP contribution in [0.25, 0.3) is 0 Å². The molecule has 0 saturated carbocycles. The van der Waals surface area contributed by atoms with Crippen molar-refractivity contribution in [2.45, 2.75) is 47.1 Å². The molecule has 0 bridgehead atoms. The molecule has 0 saturated heterocycles. The van der Waals surface area contributed by atoms with E-state index in [1.165, 1.54) is 0 Å². The van der Waals surface area contributed by atoms with E-state index in [4.69, 9.17) is 0 Å². The number of nitrogens with one attached hydrogen (secondary N) is 1. The molecular formula is C15H24FN. The maximum atomic E-state index is 13.5. The summed E-state index contributed by atoms with van der Waals surface area (Å²) in [5, 5.41) is 3.47. The fourth-order valence-electron chi connectivity index (χ4n) is 1.55. The lowest BCUT2D eigenvalue weighted by atomic mass is 9.90. The summed E-state index contributed by atoms with van der Waals surface area (Å²) < 4.78 is 13.5. The standard InChI is InChI=1S/C15H24FN/c1-6-15(4,5)10-17-12(3)13-8-7-11(2)14(16)9-13/h7-9,12,17H,6,10H2,1-5H3. The topological polar surface area (TPSA) is 12.0 Å². The Bertz CT molecular complexity index is 371. The number of hydrogen-bond acceptors (Lipinski definition) is 1. The fourth-order valence-corrected chi connectivity index (χ4v) is 1.55. The van der Waals surface area contributed by atoms with Crippen LogP contribution in [0, 0.1) is 18.2 Å². The number of rotatable bonds is 5. The van der Waals surface area contributed by atoms with E-state index in [9.17, 15) is 4.39 Å². The highest BCUT2D eigenvalue weighted by Gasteiger charge is 2.16. The van der Waals surface area contributed by atoms with Crippen molar-refractivity contribution in [3.05, 3.63) is 35.1 Å². The van der Waals surface area contributed by atoms with Gasteiger partial charge in [-0.15, -0.1) is 0 Å². The lowest BCUT2D eigenvalue weighted by molar-refractivity contribution is 0.313. The molecule has 1 aromatic carbocycles. The van der Waals surface area contributed by atoms with Crippen LogP contribution < -0.4 is 5.32 Å². The Morgan fingerprint density at radius 3 is 2.53 bits per heavy atom. The molecule has 1 rings (SSSR count). The van der Waals surface area contributed by atoms with Gasteiger partial charge in [-0.3, -0.25) is 0 Å². The lowest BCUT2D eigenvalue weighted by Gasteiger charge is -2.26. The van der Waals surface area contributed by atoms with Gasteiger partial charge in [-0.25, -0.2) is 4.39 Å². The van der Waals surface area contributed by atoms with Crippen molar-refractivity contribution in [2.75, 3.05) is 6.54 Å². The third kappa shape index (κ3) is 4.12. The Morgan fingerprint density at radius 1 is 1.35 bits per heavy atom. The first kappa shape index (κ1) is 14.2. The van der Waals surface area contributed by atoms with Crippen LogP contribution >= 0.6 is 0 Å². The van der Waals surface area contributed by atoms with Crippen LogP contribution in [0.15, 0.2) is 18.2 Å². The average molecular weight is 237 g/mol. The molecule has 0 heterocycles. The predicted octanol–water partition coefficient (Wildman–Crippen LogP) is 4.22. The van der Waals surface area contributed by atoms with Gasteiger partial charge in [0.15, 0.2) is 0 Å². The maximum absolute atomic E-state index is 13.5. The first-order chi connectivity index (χ1) is 7.85. The fraction of sp³-hybridized carbons (Fsp3) is 0.600. The molecule has 1 atom stereocenters. The zero-order chi connectivity index (χ0) is 13.1. The van der Waals surface area contributed by atoms with Crippen LogP contribution in [0.3, 0.4) is 0 Å². The van der Waals surface area contributed by atoms with Crippen molar-refractivity contribution in [1.29, 1.82) is 0 Å². The first-order valence-corrected chi connectivity index (χ1v) is 6.35. The van der Waals surface area contributed by atoms with Crippen LogP contribution in [0.2, 0.25) is 0 Å². The van der Waals surface area contributed by atoms with E-state index in [2.05, 4.69) is 33.0 Å². The zero-order valence-electron chi connectivity index (χ0n) is 11.6. The zero-order valence-corrected chi connectivity index (χ0v) is 11.6. The van der Waals surface area contributed by atoms with Gasteiger partial charge >= 0.3 is 0 Å². The molecular weight excluding hydrogens is 213 g/mol. The van der Waals surface area contributed by atoms with E-state index in [-0.39, 0.29) is 17.3 Å². The SMILES string of the molecule is CCC(C)(C)CNC(C)c1ccc(C)c(F)c1. The second kappa shape index (κ2) is 5.63. The number of benzene rings is 1. The molecule has 0 aromatic heterocycles. The van der Waals surface area contributed by atoms with Crippen molar-refractivity contribution in [3.8, 4) is 0 Å². The Balaban J connectivity index is 2.64. The van der Waals surface area contributed by atoms with E-state index in [0.29, 0.717) is 5.56 Å². The molecule has 0 amide bonds. The molecule has 1 nitrogen and oxygen atoms in total. The second-order valence-electron chi connectivity index (χ2n) is 5.63. The minimum Gasteiger partial charge on any atom is -0.310 e. The molecule has 0 spiro atoms. The normalized spacial score (nSPS) is 13.8. The van der Waals surface area contributed by atoms with Crippen LogP contribution in [0.1, 0.15) is 51.3 Å². The minimum atomic E-state index is -0.120. The highest BCUT2D eigenvalue weighted by molar-refractivity contribution is 5.25. The summed E-state index contributed by atoms with van der Waals surface area (Å²) in [7, 11) is 0. The molecule has 96 valence electrons. The summed E-state index contributed by atoms with van der Waals surface area (Å²) >= 11 is 0. The van der Waals surface area contributed by atoms with Gasteiger partial charge in [0, 0.05) is 12.6 Å². The third-order valence-corrected chi connectivity index (χ3v) is 3.54. The molecule has 17 heavy (non-hydrogen) atoms. The predicted molar refractivity (Wildman–Crippen MR) is 71.6 cm³/mol. The molecule has 0 fully saturated rings. The van der Waals surface area contributed by atoms with Gasteiger partial charge in [-0.05, 0) is 42.9 Å². The van der Waals surface area contributed by atoms with E-state index in [1.807, 2.05) is 12.1 Å². The highest BCUT2D eigenvalue weighted by Crippen LogP contribution is 2.21. The highest BCUT2D eigenvalue weighted by atomic mass is 19.1. The van der Waals surface area contributed by atoms with Crippen molar-refractivity contribution >= 4 is 0 Å². The summed E-state index contributed by atoms with van der Waals surface area (Å²) in [6, 6.07) is 5.66. The number of halogens is 1. The van der Waals surface area contributed by atoms with Crippen LogP contribution in [0.4, 0.5) is 4.39 Å². The molecule has 0 aliphatic carbocycles. The molecule has 1 aromatic rings. The number of aryl methyl sites for hydroxylation is 1. The van der Waals surface area contributed by atoms with E-state index < -0.39 is 0 Å². The molecule has 2 heteroatoms. The van der Waals surface area contributed by atoms with Crippen molar-refractivity contribution in [2.24, 2.45) is 5.41 Å². The Labute approximate surface area is 104 Å². The lowest BCUT2D eigenvalue weighted by Crippen LogP contribution is -2.30. The summed E-state index contributed by atoms with van der Waals surface area (Å²) in [6.45, 7) is 11.5. The van der Waals surface area contributed by atoms with Crippen molar-refractivity contribution in [1.82, 2.24) is 5.32 Å². The molecule has 1 N–H and O–H groups in total. The quantitative estimate of drug-likeness (QED) is 0.808. The Hall–Kier alpha value is -0.890. The van der Waals surface area contributed by atoms with Gasteiger partial charge in [0.2, 0.25) is 0 Å². The molecule has 0 radical (unpaired) electrons. The van der Waals surface area contributed by atoms with E-state index in [1.54, 1.807) is 13.0 Å². The Kier molecular flexibility index (Phi) is 4.70. The summed E-state index contributed by atoms with van der Waals surface area (Å²) in [5.41, 5.74) is 2.01. The average Bonchev–Trinajstić information content (AvgIpc) is 2.30. The Morgan fingerprint density at radius 2 is 2.00 bits per heavy atom. The summed E-state index contributed by atoms with van der Waals surface area (Å²) in [6.07, 6.45) is 1.13. The van der Waals surface area contributed by atoms with Gasteiger partial charge in [0.05, 0.1) is 0 Å². The van der Waals surface area contributed by atoms with Gasteiger partial charge in [-0.2, -0.15) is 0 Å². The van der Waals surface area contributed by atoms with Crippen LogP contribution in [-0.4, -0.2) is 6.54 Å². The summed E-state index contributed by atoms with van der Waals surface area (Å²) in [5.74, 6) is -0.120. The largest absolute Gasteiger partial charge is 0.310 e. The van der Waals surface area contributed by atoms with Gasteiger partial charge in [0.1, 0.15) is 5.82 Å². The first-order valence-electron chi connectivity index (χ1n) is 6.35. The van der Waals surface area contributed by atoms with E-state index in [0.717, 1.165) is 18.5 Å². The molecule has 0 aliphatic rings. The maximum Gasteiger partial charge on any atom is 0.126 e. The van der Waals surface area contributed by atoms with Crippen LogP contribution in [-0.2, 0) is 0 Å². The summed E-state index contributed by atoms with van der Waals surface area (Å²) in [4.78, 5) is 0. The van der Waals surface area contributed by atoms with Gasteiger partial charge < -0.3 is 5.32 Å². The van der Waals surface area contributed by atoms with Crippen LogP contribution in [0.5, 0.6) is 0 Å². The van der Waals surface area contributed by atoms with E-state index >= 15 is 0 Å². The second-order valence-corrected chi connectivity index (χ2v) is 5.63. The van der Waals surface area contributed by atoms with Crippen molar-refractivity contribution in [3.63, 3.8) is 0 Å². The number of hydrogen-bond donors (Lipinski definition) is 1. The van der Waals surface area contributed by atoms with Crippen molar-refractivity contribution < 1.29 is 4.39 Å². The van der Waals surface area contributed by atoms with Gasteiger partial charge in [0.25, 0.3) is 0 Å². The molecule has 1 unspecified atom stereocenters. The van der Waals surface area contributed by atoms with Gasteiger partial charge in [-0.1, -0.05) is 32.9 Å². The molecule has 0 aliphatic heterocycles. The minimum absolute atomic E-state index is 0.120.